The van der Waals surface area contributed by atoms with Crippen molar-refractivity contribution in [1.82, 2.24) is 0 Å². The van der Waals surface area contributed by atoms with Gasteiger partial charge in [-0.2, -0.15) is 17.6 Å². The second kappa shape index (κ2) is 16.2. The fourth-order valence-corrected chi connectivity index (χ4v) is 2.57. The Morgan fingerprint density at radius 1 is 0.794 bits per heavy atom. The maximum Gasteiger partial charge on any atom is 2.00 e. The number of carboxylic acids is 2. The van der Waals surface area contributed by atoms with E-state index in [-0.39, 0.29) is 75.9 Å². The van der Waals surface area contributed by atoms with Gasteiger partial charge in [-0.3, -0.25) is 0 Å². The van der Waals surface area contributed by atoms with Crippen LogP contribution in [0.4, 0.5) is 17.6 Å². The number of aliphatic hydroxyl groups is 2. The largest absolute Gasteiger partial charge is 2.00 e. The predicted molar refractivity (Wildman–Crippen MR) is 108 cm³/mol. The molecule has 2 atom stereocenters. The van der Waals surface area contributed by atoms with E-state index in [4.69, 9.17) is 33.4 Å². The van der Waals surface area contributed by atoms with Crippen LogP contribution in [0.15, 0.2) is 36.4 Å². The molecule has 0 unspecified atom stereocenters. The molecule has 2 aromatic carbocycles. The van der Waals surface area contributed by atoms with Gasteiger partial charge < -0.3 is 40.2 Å². The average molecular weight is 562 g/mol. The average Bonchev–Trinajstić information content (AvgIpc) is 2.65. The van der Waals surface area contributed by atoms with Crippen LogP contribution in [0.1, 0.15) is 23.3 Å². The summed E-state index contributed by atoms with van der Waals surface area (Å²) >= 11 is 11.1. The summed E-state index contributed by atoms with van der Waals surface area (Å²) in [6, 6.07) is 6.35. The van der Waals surface area contributed by atoms with Crippen molar-refractivity contribution in [2.45, 2.75) is 25.4 Å². The Morgan fingerprint density at radius 3 is 1.44 bits per heavy atom. The Hall–Kier alpha value is -1.58. The first kappa shape index (κ1) is 34.6. The van der Waals surface area contributed by atoms with Crippen molar-refractivity contribution in [3.8, 4) is 11.5 Å². The zero-order chi connectivity index (χ0) is 24.6. The van der Waals surface area contributed by atoms with Crippen LogP contribution >= 0.6 is 23.2 Å². The number of hydrogen-bond acceptors (Lipinski definition) is 7. The molecular formula is C18H15CaCl2F4O9+. The molecule has 0 aliphatic carbocycles. The first-order chi connectivity index (χ1) is 14.8. The molecule has 0 aromatic heterocycles. The molecule has 0 aliphatic rings. The Balaban J connectivity index is 0. The molecular weight excluding hydrogens is 547 g/mol. The second-order valence-electron chi connectivity index (χ2n) is 5.66. The van der Waals surface area contributed by atoms with Crippen molar-refractivity contribution in [2.24, 2.45) is 0 Å². The number of ether oxygens (including phenoxy) is 2. The first-order valence-electron chi connectivity index (χ1n) is 8.10. The number of rotatable bonds is 8. The molecule has 2 rings (SSSR count). The topological polar surface area (TPSA) is 168 Å². The van der Waals surface area contributed by atoms with E-state index in [1.807, 2.05) is 0 Å². The quantitative estimate of drug-likeness (QED) is 0.322. The molecule has 5 N–H and O–H groups in total. The Labute approximate surface area is 228 Å². The van der Waals surface area contributed by atoms with Gasteiger partial charge in [0.25, 0.3) is 0 Å². The number of alkyl halides is 4. The number of aliphatic hydroxyl groups excluding tert-OH is 2. The number of aliphatic carboxylic acids is 2. The standard InChI is InChI=1S/2C9H7ClF2O4.Ca.H2O/c2*10-5-1-4(7(13)8(14)15)2-6(3-5)16-9(11)12;;/h2*1-3,7,9,13H,(H,14,15);;1H2/q;;+2;/p-1/t2*7-;;/m11../s1. The number of benzene rings is 2. The Bertz CT molecular complexity index is 878. The van der Waals surface area contributed by atoms with E-state index in [9.17, 15) is 37.4 Å². The molecule has 0 radical (unpaired) electrons. The number of hydrogen-bond donors (Lipinski definition) is 3. The van der Waals surface area contributed by atoms with Crippen LogP contribution in [-0.4, -0.2) is 83.7 Å². The second-order valence-corrected chi connectivity index (χ2v) is 6.53. The summed E-state index contributed by atoms with van der Waals surface area (Å²) in [6.07, 6.45) is -3.78. The van der Waals surface area contributed by atoms with Crippen molar-refractivity contribution < 1.29 is 62.5 Å². The number of carbonyl (C=O) groups excluding carboxylic acids is 1. The third-order valence-corrected chi connectivity index (χ3v) is 3.76. The van der Waals surface area contributed by atoms with Crippen molar-refractivity contribution in [3.05, 3.63) is 57.6 Å². The van der Waals surface area contributed by atoms with Crippen molar-refractivity contribution in [2.75, 3.05) is 0 Å². The first-order valence-corrected chi connectivity index (χ1v) is 8.86. The third kappa shape index (κ3) is 12.2. The SMILES string of the molecule is O.O=C(O)[C@H](O)c1cc(Cl)cc(OC(F)F)c1.O=C([O-])[C@H](O)c1cc(Cl)cc(OC(F)F)c1.[Ca+2]. The summed E-state index contributed by atoms with van der Waals surface area (Å²) in [7, 11) is 0. The van der Waals surface area contributed by atoms with E-state index in [1.54, 1.807) is 0 Å². The van der Waals surface area contributed by atoms with Crippen LogP contribution in [0.25, 0.3) is 0 Å². The normalized spacial score (nSPS) is 11.8. The van der Waals surface area contributed by atoms with Crippen molar-refractivity contribution >= 4 is 72.9 Å². The zero-order valence-electron chi connectivity index (χ0n) is 16.6. The van der Waals surface area contributed by atoms with Gasteiger partial charge in [0.05, 0.1) is 5.97 Å². The van der Waals surface area contributed by atoms with Gasteiger partial charge in [-0.1, -0.05) is 23.2 Å². The summed E-state index contributed by atoms with van der Waals surface area (Å²) in [5.74, 6) is -3.91. The molecule has 0 amide bonds. The van der Waals surface area contributed by atoms with Crippen LogP contribution in [-0.2, 0) is 9.59 Å². The molecule has 34 heavy (non-hydrogen) atoms. The Morgan fingerprint density at radius 2 is 1.15 bits per heavy atom. The van der Waals surface area contributed by atoms with Crippen LogP contribution in [0.2, 0.25) is 10.0 Å². The summed E-state index contributed by atoms with van der Waals surface area (Å²) in [4.78, 5) is 20.8. The summed E-state index contributed by atoms with van der Waals surface area (Å²) in [6.45, 7) is -6.11. The van der Waals surface area contributed by atoms with Crippen LogP contribution < -0.4 is 14.6 Å². The molecule has 2 aromatic rings. The van der Waals surface area contributed by atoms with Crippen molar-refractivity contribution in [3.63, 3.8) is 0 Å². The molecule has 16 heteroatoms. The monoisotopic (exact) mass is 561 g/mol. The Kier molecular flexibility index (Phi) is 16.4. The van der Waals surface area contributed by atoms with Crippen LogP contribution in [0.5, 0.6) is 11.5 Å². The molecule has 0 saturated carbocycles. The molecule has 9 nitrogen and oxygen atoms in total. The molecule has 184 valence electrons. The van der Waals surface area contributed by atoms with Gasteiger partial charge in [0.1, 0.15) is 17.6 Å². The molecule has 0 heterocycles. The summed E-state index contributed by atoms with van der Waals surface area (Å²) in [5, 5.41) is 37.1. The van der Waals surface area contributed by atoms with Gasteiger partial charge in [0.2, 0.25) is 0 Å². The van der Waals surface area contributed by atoms with Gasteiger partial charge in [-0.25, -0.2) is 4.79 Å². The van der Waals surface area contributed by atoms with Gasteiger partial charge in [-0.05, 0) is 47.5 Å². The van der Waals surface area contributed by atoms with Gasteiger partial charge >= 0.3 is 56.9 Å². The van der Waals surface area contributed by atoms with Gasteiger partial charge in [0, 0.05) is 10.0 Å². The van der Waals surface area contributed by atoms with Gasteiger partial charge in [0.15, 0.2) is 6.10 Å². The molecule has 0 spiro atoms. The molecule has 0 saturated heterocycles. The van der Waals surface area contributed by atoms with E-state index >= 15 is 0 Å². The fraction of sp³-hybridized carbons (Fsp3) is 0.222. The van der Waals surface area contributed by atoms with Crippen LogP contribution in [0.3, 0.4) is 0 Å². The smallest absolute Gasteiger partial charge is 0.547 e. The minimum atomic E-state index is -3.06. The maximum atomic E-state index is 11.9. The van der Waals surface area contributed by atoms with Gasteiger partial charge in [-0.15, -0.1) is 0 Å². The van der Waals surface area contributed by atoms with E-state index in [1.165, 1.54) is 0 Å². The molecule has 0 bridgehead atoms. The van der Waals surface area contributed by atoms with Crippen LogP contribution in [0, 0.1) is 0 Å². The third-order valence-electron chi connectivity index (χ3n) is 3.33. The summed E-state index contributed by atoms with van der Waals surface area (Å²) in [5.41, 5.74) is -0.321. The minimum Gasteiger partial charge on any atom is -0.547 e. The number of carboxylic acid groups (broad SMARTS) is 2. The maximum absolute atomic E-state index is 11.9. The number of halogens is 6. The number of carbonyl (C=O) groups is 2. The predicted octanol–water partition coefficient (Wildman–Crippen LogP) is 1.58. The minimum absolute atomic E-state index is 0. The fourth-order valence-electron chi connectivity index (χ4n) is 2.10. The summed E-state index contributed by atoms with van der Waals surface area (Å²) < 4.78 is 55.6. The van der Waals surface area contributed by atoms with Crippen molar-refractivity contribution in [1.29, 1.82) is 0 Å². The van der Waals surface area contributed by atoms with E-state index < -0.39 is 37.4 Å². The van der Waals surface area contributed by atoms with E-state index in [0.717, 1.165) is 36.4 Å². The van der Waals surface area contributed by atoms with E-state index in [0.29, 0.717) is 0 Å². The molecule has 0 aliphatic heterocycles. The van der Waals surface area contributed by atoms with E-state index in [2.05, 4.69) is 9.47 Å². The zero-order valence-corrected chi connectivity index (χ0v) is 20.4. The molecule has 0 fully saturated rings.